The maximum absolute atomic E-state index is 6.16. The van der Waals surface area contributed by atoms with Crippen molar-refractivity contribution < 1.29 is 14.2 Å². The largest absolute Gasteiger partial charge is 0.493 e. The van der Waals surface area contributed by atoms with E-state index in [4.69, 9.17) is 14.2 Å². The van der Waals surface area contributed by atoms with E-state index in [-0.39, 0.29) is 0 Å². The number of aryl methyl sites for hydroxylation is 1. The van der Waals surface area contributed by atoms with Crippen molar-refractivity contribution in [1.82, 2.24) is 29.6 Å². The van der Waals surface area contributed by atoms with E-state index in [0.29, 0.717) is 31.5 Å². The normalized spacial score (nSPS) is 12.5. The van der Waals surface area contributed by atoms with Crippen LogP contribution in [0, 0.1) is 5.92 Å². The monoisotopic (exact) mass is 514 g/mol. The summed E-state index contributed by atoms with van der Waals surface area (Å²) in [5, 5.41) is 6.30. The Morgan fingerprint density at radius 3 is 2.53 bits per heavy atom. The average molecular weight is 515 g/mol. The standard InChI is InChI=1S/C29H34N6O3/c1-19(16-34(2)3)18-38-22-8-6-20(7-9-22)27-26(37-11-10-36-5)15-31-29-28(27)23-12-24(30-14-25(23)33-29)21-13-32-35(4)17-21/h6-9,12-15,17,19H,10-11,16,18H2,1-5H3,(H,31,33). The Morgan fingerprint density at radius 1 is 1.00 bits per heavy atom. The van der Waals surface area contributed by atoms with Gasteiger partial charge in [0.15, 0.2) is 0 Å². The van der Waals surface area contributed by atoms with Crippen LogP contribution in [0.25, 0.3) is 44.3 Å². The quantitative estimate of drug-likeness (QED) is 0.254. The van der Waals surface area contributed by atoms with E-state index < -0.39 is 0 Å². The van der Waals surface area contributed by atoms with Gasteiger partial charge in [-0.25, -0.2) is 4.98 Å². The molecule has 5 rings (SSSR count). The van der Waals surface area contributed by atoms with Gasteiger partial charge in [-0.1, -0.05) is 19.1 Å². The topological polar surface area (TPSA) is 90.3 Å². The van der Waals surface area contributed by atoms with Gasteiger partial charge in [0.2, 0.25) is 0 Å². The summed E-state index contributed by atoms with van der Waals surface area (Å²) in [6, 6.07) is 10.3. The van der Waals surface area contributed by atoms with Crippen molar-refractivity contribution in [3.05, 3.63) is 55.1 Å². The van der Waals surface area contributed by atoms with E-state index in [1.807, 2.05) is 37.8 Å². The van der Waals surface area contributed by atoms with Crippen LogP contribution >= 0.6 is 0 Å². The Kier molecular flexibility index (Phi) is 7.57. The van der Waals surface area contributed by atoms with Crippen LogP contribution in [0.5, 0.6) is 11.5 Å². The molecule has 0 aliphatic carbocycles. The molecule has 1 aromatic carbocycles. The van der Waals surface area contributed by atoms with Gasteiger partial charge in [-0.3, -0.25) is 9.67 Å². The highest BCUT2D eigenvalue weighted by atomic mass is 16.5. The zero-order chi connectivity index (χ0) is 26.6. The van der Waals surface area contributed by atoms with Crippen molar-refractivity contribution in [3.63, 3.8) is 0 Å². The second kappa shape index (κ2) is 11.2. The van der Waals surface area contributed by atoms with E-state index in [9.17, 15) is 0 Å². The molecule has 0 saturated heterocycles. The van der Waals surface area contributed by atoms with Gasteiger partial charge < -0.3 is 24.1 Å². The van der Waals surface area contributed by atoms with Crippen molar-refractivity contribution in [2.45, 2.75) is 6.92 Å². The molecule has 0 spiro atoms. The molecular formula is C29H34N6O3. The fourth-order valence-electron chi connectivity index (χ4n) is 4.71. The highest BCUT2D eigenvalue weighted by Gasteiger charge is 2.19. The minimum absolute atomic E-state index is 0.423. The summed E-state index contributed by atoms with van der Waals surface area (Å²) in [7, 11) is 7.72. The van der Waals surface area contributed by atoms with Gasteiger partial charge in [0.05, 0.1) is 43.0 Å². The van der Waals surface area contributed by atoms with Gasteiger partial charge in [-0.05, 0) is 37.9 Å². The molecule has 0 saturated carbocycles. The zero-order valence-electron chi connectivity index (χ0n) is 22.6. The van der Waals surface area contributed by atoms with E-state index in [1.165, 1.54) is 0 Å². The first-order valence-corrected chi connectivity index (χ1v) is 12.7. The number of pyridine rings is 2. The smallest absolute Gasteiger partial charge is 0.146 e. The molecule has 4 aromatic heterocycles. The van der Waals surface area contributed by atoms with E-state index in [0.717, 1.165) is 56.6 Å². The predicted molar refractivity (Wildman–Crippen MR) is 150 cm³/mol. The Bertz CT molecular complexity index is 1520. The lowest BCUT2D eigenvalue weighted by Crippen LogP contribution is -2.24. The maximum Gasteiger partial charge on any atom is 0.146 e. The highest BCUT2D eigenvalue weighted by Crippen LogP contribution is 2.41. The third kappa shape index (κ3) is 5.49. The number of hydrogen-bond acceptors (Lipinski definition) is 7. The number of benzene rings is 1. The minimum Gasteiger partial charge on any atom is -0.493 e. The number of H-pyrrole nitrogens is 1. The summed E-state index contributed by atoms with van der Waals surface area (Å²) in [4.78, 5) is 14.9. The van der Waals surface area contributed by atoms with Crippen molar-refractivity contribution >= 4 is 21.9 Å². The lowest BCUT2D eigenvalue weighted by Gasteiger charge is -2.17. The molecule has 9 nitrogen and oxygen atoms in total. The summed E-state index contributed by atoms with van der Waals surface area (Å²) in [5.41, 5.74) is 5.46. The van der Waals surface area contributed by atoms with Gasteiger partial charge in [0.25, 0.3) is 0 Å². The van der Waals surface area contributed by atoms with Gasteiger partial charge >= 0.3 is 0 Å². The van der Waals surface area contributed by atoms with E-state index in [1.54, 1.807) is 18.0 Å². The number of rotatable bonds is 11. The molecule has 0 amide bonds. The molecule has 9 heteroatoms. The Labute approximate surface area is 222 Å². The SMILES string of the molecule is COCCOc1cnc2[nH]c3cnc(-c4cnn(C)c4)cc3c2c1-c1ccc(OCC(C)CN(C)C)cc1. The van der Waals surface area contributed by atoms with E-state index in [2.05, 4.69) is 64.2 Å². The molecule has 5 aromatic rings. The molecule has 0 aliphatic rings. The van der Waals surface area contributed by atoms with Crippen LogP contribution < -0.4 is 9.47 Å². The van der Waals surface area contributed by atoms with Crippen molar-refractivity contribution in [3.8, 4) is 33.9 Å². The van der Waals surface area contributed by atoms with Gasteiger partial charge in [-0.2, -0.15) is 5.10 Å². The summed E-state index contributed by atoms with van der Waals surface area (Å²) in [6.45, 7) is 4.74. The average Bonchev–Trinajstić information content (AvgIpc) is 3.50. The number of aromatic nitrogens is 5. The van der Waals surface area contributed by atoms with E-state index >= 15 is 0 Å². The first-order chi connectivity index (χ1) is 18.4. The Hall–Kier alpha value is -3.95. The van der Waals surface area contributed by atoms with Crippen LogP contribution in [-0.4, -0.2) is 77.2 Å². The highest BCUT2D eigenvalue weighted by molar-refractivity contribution is 6.14. The lowest BCUT2D eigenvalue weighted by molar-refractivity contribution is 0.146. The minimum atomic E-state index is 0.423. The third-order valence-electron chi connectivity index (χ3n) is 6.37. The molecule has 38 heavy (non-hydrogen) atoms. The molecule has 0 fully saturated rings. The lowest BCUT2D eigenvalue weighted by atomic mass is 10.00. The van der Waals surface area contributed by atoms with Crippen molar-refractivity contribution in [1.29, 1.82) is 0 Å². The van der Waals surface area contributed by atoms with Crippen LogP contribution in [0.2, 0.25) is 0 Å². The second-order valence-electron chi connectivity index (χ2n) is 9.91. The number of ether oxygens (including phenoxy) is 3. The van der Waals surface area contributed by atoms with Crippen LogP contribution in [0.3, 0.4) is 0 Å². The third-order valence-corrected chi connectivity index (χ3v) is 6.37. The molecule has 0 radical (unpaired) electrons. The molecule has 1 unspecified atom stereocenters. The van der Waals surface area contributed by atoms with Crippen LogP contribution in [0.1, 0.15) is 6.92 Å². The second-order valence-corrected chi connectivity index (χ2v) is 9.91. The van der Waals surface area contributed by atoms with Crippen molar-refractivity contribution in [2.24, 2.45) is 13.0 Å². The molecule has 0 aliphatic heterocycles. The molecule has 1 N–H and O–H groups in total. The number of methoxy groups -OCH3 is 1. The summed E-state index contributed by atoms with van der Waals surface area (Å²) >= 11 is 0. The molecular weight excluding hydrogens is 480 g/mol. The van der Waals surface area contributed by atoms with Gasteiger partial charge in [0, 0.05) is 54.7 Å². The number of fused-ring (bicyclic) bond motifs is 3. The number of aromatic amines is 1. The molecule has 0 bridgehead atoms. The molecule has 1 atom stereocenters. The van der Waals surface area contributed by atoms with Crippen LogP contribution in [0.4, 0.5) is 0 Å². The summed E-state index contributed by atoms with van der Waals surface area (Å²) in [5.74, 6) is 1.97. The first-order valence-electron chi connectivity index (χ1n) is 12.7. The summed E-state index contributed by atoms with van der Waals surface area (Å²) < 4.78 is 19.2. The zero-order valence-corrected chi connectivity index (χ0v) is 22.6. The van der Waals surface area contributed by atoms with Gasteiger partial charge in [0.1, 0.15) is 23.8 Å². The Balaban J connectivity index is 1.57. The maximum atomic E-state index is 6.16. The van der Waals surface area contributed by atoms with Crippen LogP contribution in [0.15, 0.2) is 55.1 Å². The predicted octanol–water partition coefficient (Wildman–Crippen LogP) is 4.78. The van der Waals surface area contributed by atoms with Gasteiger partial charge in [-0.15, -0.1) is 0 Å². The van der Waals surface area contributed by atoms with Crippen LogP contribution in [-0.2, 0) is 11.8 Å². The fourth-order valence-corrected chi connectivity index (χ4v) is 4.71. The molecule has 198 valence electrons. The Morgan fingerprint density at radius 2 is 1.82 bits per heavy atom. The molecule has 4 heterocycles. The first kappa shape index (κ1) is 25.7. The van der Waals surface area contributed by atoms with Crippen molar-refractivity contribution in [2.75, 3.05) is 47.6 Å². The fraction of sp³-hybridized carbons (Fsp3) is 0.345. The number of nitrogens with one attached hydrogen (secondary N) is 1. The summed E-state index contributed by atoms with van der Waals surface area (Å²) in [6.07, 6.45) is 7.39. The number of hydrogen-bond donors (Lipinski definition) is 1. The number of nitrogens with zero attached hydrogens (tertiary/aromatic N) is 5.